The van der Waals surface area contributed by atoms with E-state index < -0.39 is 0 Å². The molecule has 2 heteroatoms. The van der Waals surface area contributed by atoms with Crippen molar-refractivity contribution in [2.75, 3.05) is 11.9 Å². The average molecular weight is 178 g/mol. The number of unbranched alkanes of at least 4 members (excludes halogenated alkanes) is 1. The van der Waals surface area contributed by atoms with Crippen molar-refractivity contribution in [3.05, 3.63) is 23.9 Å². The lowest BCUT2D eigenvalue weighted by Gasteiger charge is -2.04. The second kappa shape index (κ2) is 5.57. The molecule has 0 atom stereocenters. The van der Waals surface area contributed by atoms with Crippen molar-refractivity contribution in [2.45, 2.75) is 33.1 Å². The highest BCUT2D eigenvalue weighted by atomic mass is 15.0. The van der Waals surface area contributed by atoms with Gasteiger partial charge in [-0.3, -0.25) is 0 Å². The van der Waals surface area contributed by atoms with Gasteiger partial charge in [0.2, 0.25) is 0 Å². The molecular formula is C11H18N2. The van der Waals surface area contributed by atoms with E-state index in [0.717, 1.165) is 18.8 Å². The normalized spacial score (nSPS) is 10.0. The van der Waals surface area contributed by atoms with Crippen LogP contribution in [0, 0.1) is 0 Å². The minimum absolute atomic E-state index is 0.935. The first-order chi connectivity index (χ1) is 6.36. The third-order valence-corrected chi connectivity index (χ3v) is 1.95. The molecule has 1 aromatic rings. The van der Waals surface area contributed by atoms with E-state index in [1.165, 1.54) is 18.5 Å². The van der Waals surface area contributed by atoms with Crippen LogP contribution in [0.2, 0.25) is 0 Å². The van der Waals surface area contributed by atoms with E-state index in [4.69, 9.17) is 0 Å². The third kappa shape index (κ3) is 3.45. The van der Waals surface area contributed by atoms with Gasteiger partial charge in [-0.2, -0.15) is 0 Å². The Morgan fingerprint density at radius 2 is 2.15 bits per heavy atom. The minimum Gasteiger partial charge on any atom is -0.370 e. The molecular weight excluding hydrogens is 160 g/mol. The summed E-state index contributed by atoms with van der Waals surface area (Å²) in [4.78, 5) is 4.49. The fraction of sp³-hybridized carbons (Fsp3) is 0.545. The van der Waals surface area contributed by atoms with Crippen LogP contribution in [0.1, 0.15) is 32.4 Å². The van der Waals surface area contributed by atoms with E-state index in [1.54, 1.807) is 0 Å². The zero-order chi connectivity index (χ0) is 9.52. The molecule has 2 nitrogen and oxygen atoms in total. The van der Waals surface area contributed by atoms with Crippen LogP contribution in [-0.2, 0) is 6.42 Å². The van der Waals surface area contributed by atoms with Crippen molar-refractivity contribution < 1.29 is 0 Å². The van der Waals surface area contributed by atoms with E-state index in [1.807, 2.05) is 6.07 Å². The number of anilines is 1. The molecule has 72 valence electrons. The first-order valence-electron chi connectivity index (χ1n) is 5.06. The molecule has 0 aliphatic heterocycles. The molecule has 0 bridgehead atoms. The van der Waals surface area contributed by atoms with Gasteiger partial charge >= 0.3 is 0 Å². The summed E-state index contributed by atoms with van der Waals surface area (Å²) in [6.45, 7) is 5.22. The van der Waals surface area contributed by atoms with Gasteiger partial charge in [0.1, 0.15) is 5.82 Å². The van der Waals surface area contributed by atoms with Crippen LogP contribution in [0.4, 0.5) is 5.82 Å². The van der Waals surface area contributed by atoms with E-state index in [9.17, 15) is 0 Å². The lowest BCUT2D eigenvalue weighted by Crippen LogP contribution is -2.00. The molecule has 1 rings (SSSR count). The SMILES string of the molecule is CCCCc1cccc(NCC)n1. The molecule has 1 N–H and O–H groups in total. The Bertz CT molecular complexity index is 246. The molecule has 0 fully saturated rings. The number of nitrogens with one attached hydrogen (secondary N) is 1. The lowest BCUT2D eigenvalue weighted by molar-refractivity contribution is 0.777. The second-order valence-corrected chi connectivity index (χ2v) is 3.15. The summed E-state index contributed by atoms with van der Waals surface area (Å²) in [7, 11) is 0. The highest BCUT2D eigenvalue weighted by molar-refractivity contribution is 5.34. The Morgan fingerprint density at radius 1 is 1.31 bits per heavy atom. The Balaban J connectivity index is 2.56. The fourth-order valence-corrected chi connectivity index (χ4v) is 1.26. The van der Waals surface area contributed by atoms with Crippen LogP contribution in [0.5, 0.6) is 0 Å². The van der Waals surface area contributed by atoms with Crippen LogP contribution >= 0.6 is 0 Å². The summed E-state index contributed by atoms with van der Waals surface area (Å²) in [5.41, 5.74) is 1.19. The van der Waals surface area contributed by atoms with Gasteiger partial charge in [0.05, 0.1) is 0 Å². The van der Waals surface area contributed by atoms with Crippen molar-refractivity contribution in [3.63, 3.8) is 0 Å². The van der Waals surface area contributed by atoms with Crippen LogP contribution in [0.3, 0.4) is 0 Å². The van der Waals surface area contributed by atoms with Crippen molar-refractivity contribution in [2.24, 2.45) is 0 Å². The summed E-state index contributed by atoms with van der Waals surface area (Å²) in [5, 5.41) is 3.21. The molecule has 1 aromatic heterocycles. The summed E-state index contributed by atoms with van der Waals surface area (Å²) < 4.78 is 0. The van der Waals surface area contributed by atoms with E-state index in [2.05, 4.69) is 36.3 Å². The number of nitrogens with zero attached hydrogens (tertiary/aromatic N) is 1. The number of hydrogen-bond donors (Lipinski definition) is 1. The second-order valence-electron chi connectivity index (χ2n) is 3.15. The molecule has 0 aromatic carbocycles. The molecule has 0 saturated carbocycles. The largest absolute Gasteiger partial charge is 0.370 e. The molecule has 0 radical (unpaired) electrons. The first-order valence-corrected chi connectivity index (χ1v) is 5.06. The summed E-state index contributed by atoms with van der Waals surface area (Å²) >= 11 is 0. The maximum Gasteiger partial charge on any atom is 0.126 e. The molecule has 13 heavy (non-hydrogen) atoms. The Morgan fingerprint density at radius 3 is 2.85 bits per heavy atom. The van der Waals surface area contributed by atoms with Gasteiger partial charge in [-0.25, -0.2) is 4.98 Å². The van der Waals surface area contributed by atoms with Crippen LogP contribution in [0.25, 0.3) is 0 Å². The topological polar surface area (TPSA) is 24.9 Å². The van der Waals surface area contributed by atoms with Gasteiger partial charge in [0.15, 0.2) is 0 Å². The molecule has 0 spiro atoms. The Labute approximate surface area is 80.4 Å². The highest BCUT2D eigenvalue weighted by Gasteiger charge is 1.95. The van der Waals surface area contributed by atoms with Gasteiger partial charge in [0, 0.05) is 12.2 Å². The summed E-state index contributed by atoms with van der Waals surface area (Å²) in [6, 6.07) is 6.17. The predicted octanol–water partition coefficient (Wildman–Crippen LogP) is 2.86. The van der Waals surface area contributed by atoms with Gasteiger partial charge in [0.25, 0.3) is 0 Å². The number of pyridine rings is 1. The molecule has 0 aliphatic rings. The quantitative estimate of drug-likeness (QED) is 0.750. The van der Waals surface area contributed by atoms with E-state index in [-0.39, 0.29) is 0 Å². The van der Waals surface area contributed by atoms with Gasteiger partial charge < -0.3 is 5.32 Å². The van der Waals surface area contributed by atoms with E-state index in [0.29, 0.717) is 0 Å². The molecule has 1 heterocycles. The maximum absolute atomic E-state index is 4.49. The average Bonchev–Trinajstić information content (AvgIpc) is 2.16. The molecule has 0 aliphatic carbocycles. The predicted molar refractivity (Wildman–Crippen MR) is 57.0 cm³/mol. The number of aryl methyl sites for hydroxylation is 1. The zero-order valence-corrected chi connectivity index (χ0v) is 8.51. The summed E-state index contributed by atoms with van der Waals surface area (Å²) in [6.07, 6.45) is 3.55. The molecule has 0 saturated heterocycles. The van der Waals surface area contributed by atoms with Gasteiger partial charge in [-0.15, -0.1) is 0 Å². The zero-order valence-electron chi connectivity index (χ0n) is 8.51. The highest BCUT2D eigenvalue weighted by Crippen LogP contribution is 2.07. The third-order valence-electron chi connectivity index (χ3n) is 1.95. The van der Waals surface area contributed by atoms with Crippen molar-refractivity contribution >= 4 is 5.82 Å². The smallest absolute Gasteiger partial charge is 0.126 e. The standard InChI is InChI=1S/C11H18N2/c1-3-5-7-10-8-6-9-11(13-10)12-4-2/h6,8-9H,3-5,7H2,1-2H3,(H,12,13). The van der Waals surface area contributed by atoms with Crippen LogP contribution in [-0.4, -0.2) is 11.5 Å². The summed E-state index contributed by atoms with van der Waals surface area (Å²) in [5.74, 6) is 0.996. The van der Waals surface area contributed by atoms with Crippen molar-refractivity contribution in [1.29, 1.82) is 0 Å². The molecule has 0 unspecified atom stereocenters. The minimum atomic E-state index is 0.935. The maximum atomic E-state index is 4.49. The van der Waals surface area contributed by atoms with Crippen molar-refractivity contribution in [3.8, 4) is 0 Å². The van der Waals surface area contributed by atoms with Gasteiger partial charge in [-0.1, -0.05) is 19.4 Å². The van der Waals surface area contributed by atoms with Crippen LogP contribution in [0.15, 0.2) is 18.2 Å². The Kier molecular flexibility index (Phi) is 4.30. The Hall–Kier alpha value is -1.05. The number of aromatic nitrogens is 1. The van der Waals surface area contributed by atoms with Crippen molar-refractivity contribution in [1.82, 2.24) is 4.98 Å². The first kappa shape index (κ1) is 10.0. The van der Waals surface area contributed by atoms with Crippen LogP contribution < -0.4 is 5.32 Å². The van der Waals surface area contributed by atoms with Gasteiger partial charge in [-0.05, 0) is 31.9 Å². The van der Waals surface area contributed by atoms with E-state index >= 15 is 0 Å². The fourth-order valence-electron chi connectivity index (χ4n) is 1.26. The number of rotatable bonds is 5. The monoisotopic (exact) mass is 178 g/mol. The molecule has 0 amide bonds. The lowest BCUT2D eigenvalue weighted by atomic mass is 10.2. The number of hydrogen-bond acceptors (Lipinski definition) is 2.